The highest BCUT2D eigenvalue weighted by Gasteiger charge is 2.22. The van der Waals surface area contributed by atoms with Crippen LogP contribution in [0.5, 0.6) is 0 Å². The molecule has 0 aliphatic rings. The van der Waals surface area contributed by atoms with Crippen LogP contribution in [0, 0.1) is 0 Å². The number of ether oxygens (including phenoxy) is 1. The Bertz CT molecular complexity index is 1420. The zero-order chi connectivity index (χ0) is 25.7. The summed E-state index contributed by atoms with van der Waals surface area (Å²) in [7, 11) is -1.24. The topological polar surface area (TPSA) is 94.3 Å². The van der Waals surface area contributed by atoms with E-state index in [1.165, 1.54) is 12.1 Å². The van der Waals surface area contributed by atoms with Gasteiger partial charge in [-0.1, -0.05) is 56.0 Å². The van der Waals surface area contributed by atoms with Crippen molar-refractivity contribution in [3.05, 3.63) is 94.9 Å². The van der Waals surface area contributed by atoms with E-state index < -0.39 is 14.0 Å². The summed E-state index contributed by atoms with van der Waals surface area (Å²) in [6, 6.07) is 18.3. The number of carbonyl (C=O) groups is 2. The van der Waals surface area contributed by atoms with Crippen molar-refractivity contribution in [3.8, 4) is 0 Å². The van der Waals surface area contributed by atoms with Crippen LogP contribution < -0.4 is 0 Å². The maximum Gasteiger partial charge on any atom is 0.336 e. The fraction of sp³-hybridized carbons (Fsp3) is 0.214. The first-order valence-corrected chi connectivity index (χ1v) is 15.5. The van der Waals surface area contributed by atoms with Crippen LogP contribution >= 0.6 is 0 Å². The van der Waals surface area contributed by atoms with Gasteiger partial charge in [-0.2, -0.15) is 5.10 Å². The van der Waals surface area contributed by atoms with Crippen LogP contribution in [0.2, 0.25) is 25.7 Å². The number of aromatic carboxylic acids is 1. The highest BCUT2D eigenvalue weighted by Crippen LogP contribution is 2.28. The van der Waals surface area contributed by atoms with Gasteiger partial charge in [0, 0.05) is 37.4 Å². The van der Waals surface area contributed by atoms with Crippen molar-refractivity contribution in [2.75, 3.05) is 6.61 Å². The van der Waals surface area contributed by atoms with Crippen LogP contribution in [0.25, 0.3) is 23.1 Å². The van der Waals surface area contributed by atoms with Crippen LogP contribution in [-0.2, 0) is 11.5 Å². The van der Waals surface area contributed by atoms with Crippen LogP contribution in [0.4, 0.5) is 0 Å². The predicted molar refractivity (Wildman–Crippen MR) is 144 cm³/mol. The van der Waals surface area contributed by atoms with Gasteiger partial charge in [-0.3, -0.25) is 9.78 Å². The summed E-state index contributed by atoms with van der Waals surface area (Å²) in [5.41, 5.74) is 2.56. The molecule has 7 nitrogen and oxygen atoms in total. The maximum atomic E-state index is 13.6. The zero-order valence-corrected chi connectivity index (χ0v) is 21.6. The summed E-state index contributed by atoms with van der Waals surface area (Å²) in [6.45, 7) is 7.79. The van der Waals surface area contributed by atoms with E-state index in [-0.39, 0.29) is 23.6 Å². The first-order valence-electron chi connectivity index (χ1n) is 11.8. The molecule has 0 bridgehead atoms. The second kappa shape index (κ2) is 10.8. The van der Waals surface area contributed by atoms with Gasteiger partial charge in [0.2, 0.25) is 0 Å². The number of hydrogen-bond donors (Lipinski definition) is 1. The standard InChI is InChI=1S/C28H29N3O4Si/c1-36(2,3)18-17-35-19-31-25-13-8-12-23(27(32)21-10-4-5-11-22(21)28(33)34)26(25)24(30-31)15-14-20-9-6-7-16-29-20/h4-16H,17-19H2,1-3H3,(H,33,34). The molecule has 8 heteroatoms. The zero-order valence-electron chi connectivity index (χ0n) is 20.6. The summed E-state index contributed by atoms with van der Waals surface area (Å²) in [4.78, 5) is 29.7. The summed E-state index contributed by atoms with van der Waals surface area (Å²) in [5.74, 6) is -1.52. The molecule has 184 valence electrons. The third-order valence-electron chi connectivity index (χ3n) is 5.76. The largest absolute Gasteiger partial charge is 0.478 e. The normalized spacial score (nSPS) is 11.9. The van der Waals surface area contributed by atoms with Gasteiger partial charge >= 0.3 is 5.97 Å². The Hall–Kier alpha value is -3.88. The molecule has 0 saturated heterocycles. The molecule has 2 aromatic carbocycles. The Morgan fingerprint density at radius 3 is 2.36 bits per heavy atom. The van der Waals surface area contributed by atoms with Gasteiger partial charge in [0.25, 0.3) is 0 Å². The van der Waals surface area contributed by atoms with E-state index in [4.69, 9.17) is 9.84 Å². The van der Waals surface area contributed by atoms with Crippen molar-refractivity contribution < 1.29 is 19.4 Å². The molecule has 0 radical (unpaired) electrons. The molecule has 0 spiro atoms. The maximum absolute atomic E-state index is 13.6. The molecule has 0 saturated carbocycles. The van der Waals surface area contributed by atoms with Crippen molar-refractivity contribution >= 4 is 42.9 Å². The van der Waals surface area contributed by atoms with Crippen molar-refractivity contribution in [2.45, 2.75) is 32.4 Å². The van der Waals surface area contributed by atoms with Crippen molar-refractivity contribution in [1.29, 1.82) is 0 Å². The number of hydrogen-bond acceptors (Lipinski definition) is 5. The number of pyridine rings is 1. The molecule has 2 aromatic heterocycles. The van der Waals surface area contributed by atoms with Crippen molar-refractivity contribution in [1.82, 2.24) is 14.8 Å². The van der Waals surface area contributed by atoms with E-state index in [1.54, 1.807) is 35.1 Å². The second-order valence-electron chi connectivity index (χ2n) is 9.70. The molecule has 4 rings (SSSR count). The molecule has 1 N–H and O–H groups in total. The number of aromatic nitrogens is 3. The van der Waals surface area contributed by atoms with E-state index in [2.05, 4.69) is 24.6 Å². The Kier molecular flexibility index (Phi) is 7.57. The molecule has 0 fully saturated rings. The molecule has 0 aliphatic heterocycles. The average Bonchev–Trinajstić information content (AvgIpc) is 3.22. The van der Waals surface area contributed by atoms with Gasteiger partial charge in [0.05, 0.1) is 22.5 Å². The fourth-order valence-electron chi connectivity index (χ4n) is 3.84. The Morgan fingerprint density at radius 2 is 1.67 bits per heavy atom. The molecule has 4 aromatic rings. The smallest absolute Gasteiger partial charge is 0.336 e. The number of ketones is 1. The summed E-state index contributed by atoms with van der Waals surface area (Å²) in [6.07, 6.45) is 5.37. The minimum atomic E-state index is -1.24. The van der Waals surface area contributed by atoms with Crippen LogP contribution in [-0.4, -0.2) is 46.3 Å². The third-order valence-corrected chi connectivity index (χ3v) is 7.47. The van der Waals surface area contributed by atoms with Crippen LogP contribution in [0.1, 0.15) is 37.7 Å². The van der Waals surface area contributed by atoms with E-state index >= 15 is 0 Å². The molecule has 2 heterocycles. The van der Waals surface area contributed by atoms with E-state index in [9.17, 15) is 14.7 Å². The Labute approximate surface area is 211 Å². The fourth-order valence-corrected chi connectivity index (χ4v) is 4.60. The Morgan fingerprint density at radius 1 is 0.944 bits per heavy atom. The third kappa shape index (κ3) is 5.84. The highest BCUT2D eigenvalue weighted by atomic mass is 28.3. The highest BCUT2D eigenvalue weighted by molar-refractivity contribution is 6.76. The molecule has 0 unspecified atom stereocenters. The summed E-state index contributed by atoms with van der Waals surface area (Å²) < 4.78 is 7.70. The van der Waals surface area contributed by atoms with Gasteiger partial charge in [-0.25, -0.2) is 9.48 Å². The van der Waals surface area contributed by atoms with Gasteiger partial charge < -0.3 is 9.84 Å². The number of carboxylic acids is 1. The number of nitrogens with zero attached hydrogens (tertiary/aromatic N) is 3. The minimum absolute atomic E-state index is 0.0350. The summed E-state index contributed by atoms with van der Waals surface area (Å²) >= 11 is 0. The lowest BCUT2D eigenvalue weighted by Gasteiger charge is -2.15. The van der Waals surface area contributed by atoms with Gasteiger partial charge in [0.1, 0.15) is 6.73 Å². The number of fused-ring (bicyclic) bond motifs is 1. The average molecular weight is 500 g/mol. The molecular formula is C28H29N3O4Si. The number of benzene rings is 2. The van der Waals surface area contributed by atoms with Gasteiger partial charge in [-0.15, -0.1) is 0 Å². The lowest BCUT2D eigenvalue weighted by atomic mass is 9.95. The van der Waals surface area contributed by atoms with Crippen LogP contribution in [0.3, 0.4) is 0 Å². The van der Waals surface area contributed by atoms with Gasteiger partial charge in [0.15, 0.2) is 5.78 Å². The number of carboxylic acid groups (broad SMARTS) is 1. The van der Waals surface area contributed by atoms with E-state index in [0.29, 0.717) is 23.3 Å². The molecular weight excluding hydrogens is 470 g/mol. The molecule has 36 heavy (non-hydrogen) atoms. The lowest BCUT2D eigenvalue weighted by Crippen LogP contribution is -2.22. The molecule has 0 amide bonds. The first kappa shape index (κ1) is 25.2. The lowest BCUT2D eigenvalue weighted by molar-refractivity contribution is 0.0692. The minimum Gasteiger partial charge on any atom is -0.478 e. The van der Waals surface area contributed by atoms with E-state index in [0.717, 1.165) is 17.3 Å². The van der Waals surface area contributed by atoms with Gasteiger partial charge in [-0.05, 0) is 42.5 Å². The monoisotopic (exact) mass is 499 g/mol. The summed E-state index contributed by atoms with van der Waals surface area (Å²) in [5, 5.41) is 15.0. The van der Waals surface area contributed by atoms with Crippen LogP contribution in [0.15, 0.2) is 66.9 Å². The Balaban J connectivity index is 1.78. The molecule has 0 aliphatic carbocycles. The van der Waals surface area contributed by atoms with Crippen molar-refractivity contribution in [2.24, 2.45) is 0 Å². The van der Waals surface area contributed by atoms with E-state index in [1.807, 2.05) is 36.4 Å². The van der Waals surface area contributed by atoms with Crippen molar-refractivity contribution in [3.63, 3.8) is 0 Å². The quantitative estimate of drug-likeness (QED) is 0.167. The second-order valence-corrected chi connectivity index (χ2v) is 15.3. The number of carbonyl (C=O) groups excluding carboxylic acids is 1. The number of rotatable bonds is 10. The predicted octanol–water partition coefficient (Wildman–Crippen LogP) is 5.84. The SMILES string of the molecule is C[Si](C)(C)CCOCn1nc(C=Cc2ccccn2)c2c(C(=O)c3ccccc3C(=O)O)cccc21. The molecule has 0 atom stereocenters. The first-order chi connectivity index (χ1) is 17.2.